The van der Waals surface area contributed by atoms with Gasteiger partial charge in [-0.2, -0.15) is 0 Å². The van der Waals surface area contributed by atoms with E-state index in [0.29, 0.717) is 5.71 Å². The van der Waals surface area contributed by atoms with Crippen molar-refractivity contribution in [3.8, 4) is 22.3 Å². The van der Waals surface area contributed by atoms with Crippen LogP contribution in [0, 0.1) is 0 Å². The molecule has 0 spiro atoms. The molecule has 4 heterocycles. The number of nitrogens with two attached hydrogens (primary N) is 1. The highest BCUT2D eigenvalue weighted by Crippen LogP contribution is 2.34. The van der Waals surface area contributed by atoms with E-state index in [1.54, 1.807) is 18.5 Å². The quantitative estimate of drug-likeness (QED) is 0.447. The Kier molecular flexibility index (Phi) is 3.95. The number of amides is 1. The molecule has 0 saturated carbocycles. The molecule has 0 bridgehead atoms. The molecule has 5 aromatic rings. The molecule has 140 valence electrons. The molecule has 0 aliphatic rings. The van der Waals surface area contributed by atoms with Gasteiger partial charge in [-0.05, 0) is 47.0 Å². The van der Waals surface area contributed by atoms with Crippen molar-refractivity contribution in [3.05, 3.63) is 79.0 Å². The maximum Gasteiger partial charge on any atom is 0.241 e. The summed E-state index contributed by atoms with van der Waals surface area (Å²) < 4.78 is 5.44. The zero-order chi connectivity index (χ0) is 19.8. The number of aromatic amines is 1. The first kappa shape index (κ1) is 16.9. The SMILES string of the molecule is NC(=O)C=Cc1cccc(-c2cnc3[nH]cc(-c4ccnc5occc45)c3c2)c1. The number of fused-ring (bicyclic) bond motifs is 2. The van der Waals surface area contributed by atoms with Crippen LogP contribution in [-0.4, -0.2) is 20.9 Å². The molecule has 5 rings (SSSR count). The maximum atomic E-state index is 11.0. The van der Waals surface area contributed by atoms with Gasteiger partial charge < -0.3 is 15.1 Å². The fraction of sp³-hybridized carbons (Fsp3) is 0. The Balaban J connectivity index is 1.63. The minimum absolute atomic E-state index is 0.474. The van der Waals surface area contributed by atoms with Gasteiger partial charge in [0.15, 0.2) is 0 Å². The lowest BCUT2D eigenvalue weighted by atomic mass is 10.00. The number of nitrogens with one attached hydrogen (secondary N) is 1. The average Bonchev–Trinajstić information content (AvgIpc) is 3.38. The van der Waals surface area contributed by atoms with Crippen molar-refractivity contribution in [2.24, 2.45) is 5.73 Å². The van der Waals surface area contributed by atoms with Crippen LogP contribution in [0.3, 0.4) is 0 Å². The van der Waals surface area contributed by atoms with E-state index in [-0.39, 0.29) is 0 Å². The van der Waals surface area contributed by atoms with Crippen molar-refractivity contribution in [2.75, 3.05) is 0 Å². The molecular formula is C23H16N4O2. The van der Waals surface area contributed by atoms with Crippen LogP contribution in [0.25, 0.3) is 50.5 Å². The Labute approximate surface area is 165 Å². The molecule has 29 heavy (non-hydrogen) atoms. The summed E-state index contributed by atoms with van der Waals surface area (Å²) in [4.78, 5) is 23.1. The van der Waals surface area contributed by atoms with Crippen molar-refractivity contribution in [3.63, 3.8) is 0 Å². The second-order valence-electron chi connectivity index (χ2n) is 6.68. The third kappa shape index (κ3) is 3.06. The number of nitrogens with zero attached hydrogens (tertiary/aromatic N) is 2. The van der Waals surface area contributed by atoms with E-state index in [4.69, 9.17) is 10.2 Å². The normalized spacial score (nSPS) is 11.6. The minimum atomic E-state index is -0.474. The number of hydrogen-bond acceptors (Lipinski definition) is 4. The van der Waals surface area contributed by atoms with Gasteiger partial charge in [0.25, 0.3) is 0 Å². The van der Waals surface area contributed by atoms with Crippen LogP contribution in [0.1, 0.15) is 5.56 Å². The van der Waals surface area contributed by atoms with Crippen LogP contribution in [0.2, 0.25) is 0 Å². The molecule has 6 heteroatoms. The molecule has 0 saturated heterocycles. The highest BCUT2D eigenvalue weighted by Gasteiger charge is 2.13. The van der Waals surface area contributed by atoms with E-state index in [1.807, 2.05) is 48.8 Å². The van der Waals surface area contributed by atoms with E-state index in [1.165, 1.54) is 6.08 Å². The molecule has 0 fully saturated rings. The number of pyridine rings is 2. The smallest absolute Gasteiger partial charge is 0.241 e. The summed E-state index contributed by atoms with van der Waals surface area (Å²) in [5.41, 5.74) is 11.5. The summed E-state index contributed by atoms with van der Waals surface area (Å²) in [6.07, 6.45) is 10.2. The topological polar surface area (TPSA) is 97.8 Å². The number of furan rings is 1. The fourth-order valence-corrected chi connectivity index (χ4v) is 3.49. The summed E-state index contributed by atoms with van der Waals surface area (Å²) in [5.74, 6) is -0.474. The van der Waals surface area contributed by atoms with Crippen molar-refractivity contribution < 1.29 is 9.21 Å². The highest BCUT2D eigenvalue weighted by molar-refractivity contribution is 6.03. The van der Waals surface area contributed by atoms with Crippen LogP contribution < -0.4 is 5.73 Å². The number of primary amides is 1. The van der Waals surface area contributed by atoms with Crippen LogP contribution in [0.15, 0.2) is 77.8 Å². The lowest BCUT2D eigenvalue weighted by Crippen LogP contribution is -2.05. The van der Waals surface area contributed by atoms with Gasteiger partial charge >= 0.3 is 0 Å². The molecule has 1 aromatic carbocycles. The molecule has 0 aliphatic carbocycles. The van der Waals surface area contributed by atoms with Crippen molar-refractivity contribution >= 4 is 34.1 Å². The largest absolute Gasteiger partial charge is 0.446 e. The summed E-state index contributed by atoms with van der Waals surface area (Å²) in [7, 11) is 0. The minimum Gasteiger partial charge on any atom is -0.446 e. The number of H-pyrrole nitrogens is 1. The number of hydrogen-bond donors (Lipinski definition) is 2. The van der Waals surface area contributed by atoms with Gasteiger partial charge in [-0.15, -0.1) is 0 Å². The van der Waals surface area contributed by atoms with E-state index in [9.17, 15) is 4.79 Å². The third-order valence-corrected chi connectivity index (χ3v) is 4.85. The number of aromatic nitrogens is 3. The van der Waals surface area contributed by atoms with Gasteiger partial charge in [-0.25, -0.2) is 9.97 Å². The zero-order valence-corrected chi connectivity index (χ0v) is 15.3. The highest BCUT2D eigenvalue weighted by atomic mass is 16.3. The predicted octanol–water partition coefficient (Wildman–Crippen LogP) is 4.54. The lowest BCUT2D eigenvalue weighted by Gasteiger charge is -2.05. The molecule has 0 radical (unpaired) electrons. The first-order valence-corrected chi connectivity index (χ1v) is 9.07. The molecular weight excluding hydrogens is 364 g/mol. The van der Waals surface area contributed by atoms with Gasteiger partial charge in [0, 0.05) is 46.6 Å². The number of rotatable bonds is 4. The predicted molar refractivity (Wildman–Crippen MR) is 113 cm³/mol. The summed E-state index contributed by atoms with van der Waals surface area (Å²) in [6.45, 7) is 0. The number of carbonyl (C=O) groups excluding carboxylic acids is 1. The van der Waals surface area contributed by atoms with Crippen LogP contribution in [-0.2, 0) is 4.79 Å². The standard InChI is InChI=1S/C23H16N4O2/c24-21(28)5-4-14-2-1-3-15(10-14)16-11-19-20(13-27-22(19)26-12-16)17-6-8-25-23-18(17)7-9-29-23/h1-13H,(H2,24,28)(H,26,27). The molecule has 0 unspecified atom stereocenters. The van der Waals surface area contributed by atoms with Gasteiger partial charge in [-0.1, -0.05) is 18.2 Å². The van der Waals surface area contributed by atoms with E-state index in [2.05, 4.69) is 21.0 Å². The third-order valence-electron chi connectivity index (χ3n) is 4.85. The first-order valence-electron chi connectivity index (χ1n) is 9.07. The second kappa shape index (κ2) is 6.76. The molecule has 1 amide bonds. The Morgan fingerprint density at radius 2 is 1.97 bits per heavy atom. The Morgan fingerprint density at radius 3 is 2.86 bits per heavy atom. The second-order valence-corrected chi connectivity index (χ2v) is 6.68. The van der Waals surface area contributed by atoms with Crippen molar-refractivity contribution in [1.82, 2.24) is 15.0 Å². The summed E-state index contributed by atoms with van der Waals surface area (Å²) >= 11 is 0. The van der Waals surface area contributed by atoms with Crippen LogP contribution >= 0.6 is 0 Å². The van der Waals surface area contributed by atoms with E-state index >= 15 is 0 Å². The van der Waals surface area contributed by atoms with Crippen molar-refractivity contribution in [2.45, 2.75) is 0 Å². The Bertz CT molecular complexity index is 1390. The van der Waals surface area contributed by atoms with Crippen LogP contribution in [0.4, 0.5) is 0 Å². The summed E-state index contributed by atoms with van der Waals surface area (Å²) in [5, 5.41) is 1.96. The van der Waals surface area contributed by atoms with Gasteiger partial charge in [0.2, 0.25) is 11.6 Å². The van der Waals surface area contributed by atoms with Crippen molar-refractivity contribution in [1.29, 1.82) is 0 Å². The Morgan fingerprint density at radius 1 is 1.03 bits per heavy atom. The molecule has 4 aromatic heterocycles. The molecule has 3 N–H and O–H groups in total. The maximum absolute atomic E-state index is 11.0. The van der Waals surface area contributed by atoms with Gasteiger partial charge in [0.05, 0.1) is 6.26 Å². The molecule has 6 nitrogen and oxygen atoms in total. The van der Waals surface area contributed by atoms with Crippen LogP contribution in [0.5, 0.6) is 0 Å². The average molecular weight is 380 g/mol. The Hall–Kier alpha value is -4.19. The molecule has 0 atom stereocenters. The lowest BCUT2D eigenvalue weighted by molar-refractivity contribution is -0.113. The first-order chi connectivity index (χ1) is 14.2. The monoisotopic (exact) mass is 380 g/mol. The van der Waals surface area contributed by atoms with E-state index in [0.717, 1.165) is 44.2 Å². The fourth-order valence-electron chi connectivity index (χ4n) is 3.49. The number of carbonyl (C=O) groups is 1. The van der Waals surface area contributed by atoms with Gasteiger partial charge in [0.1, 0.15) is 5.65 Å². The summed E-state index contributed by atoms with van der Waals surface area (Å²) in [6, 6.07) is 13.9. The number of benzene rings is 1. The van der Waals surface area contributed by atoms with E-state index < -0.39 is 5.91 Å². The zero-order valence-electron chi connectivity index (χ0n) is 15.3. The van der Waals surface area contributed by atoms with Gasteiger partial charge in [-0.3, -0.25) is 4.79 Å². The molecule has 0 aliphatic heterocycles.